The molecule has 5 rings (SSSR count). The lowest BCUT2D eigenvalue weighted by atomic mass is 9.96. The van der Waals surface area contributed by atoms with E-state index in [1.165, 1.54) is 0 Å². The van der Waals surface area contributed by atoms with Crippen molar-refractivity contribution in [3.8, 4) is 0 Å². The number of nitrogens with zero attached hydrogens (tertiary/aromatic N) is 5. The number of piperidine rings is 1. The number of H-pyrrole nitrogens is 1. The summed E-state index contributed by atoms with van der Waals surface area (Å²) in [5, 5.41) is 9.17. The molecule has 1 aliphatic heterocycles. The highest BCUT2D eigenvalue weighted by molar-refractivity contribution is 6.35. The minimum absolute atomic E-state index is 0.0726. The van der Waals surface area contributed by atoms with Gasteiger partial charge in [-0.15, -0.1) is 5.10 Å². The third kappa shape index (κ3) is 4.69. The molecule has 34 heavy (non-hydrogen) atoms. The van der Waals surface area contributed by atoms with Crippen molar-refractivity contribution < 1.29 is 4.79 Å². The highest BCUT2D eigenvalue weighted by atomic mass is 35.5. The molecule has 10 heteroatoms. The van der Waals surface area contributed by atoms with Crippen LogP contribution in [0, 0.1) is 0 Å². The van der Waals surface area contributed by atoms with Crippen LogP contribution in [0.3, 0.4) is 0 Å². The minimum atomic E-state index is -0.346. The molecular weight excluding hydrogens is 475 g/mol. The largest absolute Gasteiger partial charge is 0.342 e. The summed E-state index contributed by atoms with van der Waals surface area (Å²) in [6, 6.07) is 14.9. The first-order chi connectivity index (χ1) is 16.5. The average molecular weight is 497 g/mol. The van der Waals surface area contributed by atoms with Crippen LogP contribution in [0.4, 0.5) is 0 Å². The number of halogens is 2. The van der Waals surface area contributed by atoms with E-state index in [4.69, 9.17) is 28.2 Å². The van der Waals surface area contributed by atoms with Crippen LogP contribution >= 0.6 is 23.2 Å². The zero-order valence-electron chi connectivity index (χ0n) is 18.2. The number of carbonyl (C=O) groups is 1. The first kappa shape index (κ1) is 22.6. The fraction of sp³-hybridized carbons (Fsp3) is 0.292. The van der Waals surface area contributed by atoms with Gasteiger partial charge in [0.05, 0.1) is 13.0 Å². The van der Waals surface area contributed by atoms with Gasteiger partial charge in [0.15, 0.2) is 11.2 Å². The number of rotatable bonds is 5. The van der Waals surface area contributed by atoms with Crippen molar-refractivity contribution in [1.29, 1.82) is 0 Å². The topological polar surface area (TPSA) is 96.8 Å². The molecule has 3 heterocycles. The Kier molecular flexibility index (Phi) is 6.34. The van der Waals surface area contributed by atoms with Crippen molar-refractivity contribution in [2.24, 2.45) is 0 Å². The van der Waals surface area contributed by atoms with E-state index in [0.717, 1.165) is 24.0 Å². The van der Waals surface area contributed by atoms with Gasteiger partial charge in [0, 0.05) is 29.1 Å². The monoisotopic (exact) mass is 496 g/mol. The number of carbonyl (C=O) groups excluding carboxylic acids is 1. The van der Waals surface area contributed by atoms with Gasteiger partial charge < -0.3 is 9.88 Å². The summed E-state index contributed by atoms with van der Waals surface area (Å²) in [5.41, 5.74) is 1.98. The second-order valence-corrected chi connectivity index (χ2v) is 9.29. The minimum Gasteiger partial charge on any atom is -0.342 e. The molecule has 0 unspecified atom stereocenters. The smallest absolute Gasteiger partial charge is 0.281 e. The molecule has 0 radical (unpaired) electrons. The summed E-state index contributed by atoms with van der Waals surface area (Å²) in [6.07, 6.45) is 2.02. The van der Waals surface area contributed by atoms with Crippen LogP contribution in [0.2, 0.25) is 10.0 Å². The third-order valence-corrected chi connectivity index (χ3v) is 6.67. The van der Waals surface area contributed by atoms with Crippen LogP contribution in [0.1, 0.15) is 35.7 Å². The van der Waals surface area contributed by atoms with E-state index in [-0.39, 0.29) is 22.9 Å². The van der Waals surface area contributed by atoms with Gasteiger partial charge in [0.2, 0.25) is 5.91 Å². The summed E-state index contributed by atoms with van der Waals surface area (Å²) in [6.45, 7) is 1.50. The molecule has 2 aromatic carbocycles. The Labute approximate surface area is 205 Å². The zero-order valence-corrected chi connectivity index (χ0v) is 19.8. The number of hydrogen-bond acceptors (Lipinski definition) is 5. The molecule has 2 aromatic heterocycles. The van der Waals surface area contributed by atoms with Crippen molar-refractivity contribution in [3.05, 3.63) is 85.9 Å². The maximum atomic E-state index is 12.9. The van der Waals surface area contributed by atoms with Gasteiger partial charge in [-0.05, 0) is 36.1 Å². The second-order valence-electron chi connectivity index (χ2n) is 8.45. The molecule has 8 nitrogen and oxygen atoms in total. The molecule has 1 fully saturated rings. The number of likely N-dealkylation sites (tertiary alicyclic amines) is 1. The number of hydrogen-bond donors (Lipinski definition) is 1. The Morgan fingerprint density at radius 1 is 1.15 bits per heavy atom. The third-order valence-electron chi connectivity index (χ3n) is 6.09. The molecule has 0 saturated carbocycles. The number of fused-ring (bicyclic) bond motifs is 1. The van der Waals surface area contributed by atoms with Gasteiger partial charge in [0.1, 0.15) is 5.82 Å². The Morgan fingerprint density at radius 2 is 1.97 bits per heavy atom. The van der Waals surface area contributed by atoms with Gasteiger partial charge in [-0.1, -0.05) is 64.8 Å². The number of benzene rings is 2. The number of aromatic nitrogens is 5. The lowest BCUT2D eigenvalue weighted by molar-refractivity contribution is -0.131. The predicted molar refractivity (Wildman–Crippen MR) is 130 cm³/mol. The molecule has 1 aliphatic rings. The van der Waals surface area contributed by atoms with Gasteiger partial charge >= 0.3 is 0 Å². The van der Waals surface area contributed by atoms with Crippen molar-refractivity contribution in [3.63, 3.8) is 0 Å². The molecule has 0 bridgehead atoms. The van der Waals surface area contributed by atoms with Crippen molar-refractivity contribution in [2.75, 3.05) is 13.1 Å². The molecular formula is C24H22Cl2N6O2. The highest BCUT2D eigenvalue weighted by Gasteiger charge is 2.27. The van der Waals surface area contributed by atoms with E-state index in [2.05, 4.69) is 15.3 Å². The lowest BCUT2D eigenvalue weighted by Crippen LogP contribution is -2.40. The highest BCUT2D eigenvalue weighted by Crippen LogP contribution is 2.26. The van der Waals surface area contributed by atoms with Crippen LogP contribution in [0.25, 0.3) is 11.2 Å². The maximum absolute atomic E-state index is 12.9. The van der Waals surface area contributed by atoms with Crippen LogP contribution in [-0.4, -0.2) is 48.9 Å². The summed E-state index contributed by atoms with van der Waals surface area (Å²) < 4.78 is 1.56. The van der Waals surface area contributed by atoms with Crippen LogP contribution < -0.4 is 5.56 Å². The molecule has 0 spiro atoms. The Hall–Kier alpha value is -3.23. The van der Waals surface area contributed by atoms with Crippen molar-refractivity contribution in [2.45, 2.75) is 31.7 Å². The van der Waals surface area contributed by atoms with E-state index >= 15 is 0 Å². The second kappa shape index (κ2) is 9.56. The zero-order chi connectivity index (χ0) is 23.7. The predicted octanol–water partition coefficient (Wildman–Crippen LogP) is 3.82. The molecule has 1 N–H and O–H groups in total. The molecule has 1 saturated heterocycles. The number of nitrogens with one attached hydrogen (secondary N) is 1. The Balaban J connectivity index is 1.39. The SMILES string of the molecule is O=C(Cc1ccccc1)N1CCC[C@H](c2nc3c(nnn3Cc3ccc(Cl)cc3Cl)c(=O)[nH]2)C1. The average Bonchev–Trinajstić information content (AvgIpc) is 3.25. The van der Waals surface area contributed by atoms with Crippen molar-refractivity contribution in [1.82, 2.24) is 29.9 Å². The summed E-state index contributed by atoms with van der Waals surface area (Å²) in [4.78, 5) is 35.1. The number of aromatic amines is 1. The molecule has 1 amide bonds. The van der Waals surface area contributed by atoms with E-state index in [1.54, 1.807) is 16.8 Å². The molecule has 1 atom stereocenters. The fourth-order valence-corrected chi connectivity index (χ4v) is 4.77. The fourth-order valence-electron chi connectivity index (χ4n) is 4.30. The lowest BCUT2D eigenvalue weighted by Gasteiger charge is -2.32. The molecule has 174 valence electrons. The van der Waals surface area contributed by atoms with Gasteiger partial charge in [0.25, 0.3) is 5.56 Å². The van der Waals surface area contributed by atoms with Crippen LogP contribution in [0.5, 0.6) is 0 Å². The van der Waals surface area contributed by atoms with Crippen molar-refractivity contribution >= 4 is 40.3 Å². The van der Waals surface area contributed by atoms with E-state index < -0.39 is 0 Å². The molecule has 0 aliphatic carbocycles. The van der Waals surface area contributed by atoms with E-state index in [0.29, 0.717) is 47.6 Å². The number of amides is 1. The Bertz CT molecular complexity index is 1400. The Morgan fingerprint density at radius 3 is 2.76 bits per heavy atom. The maximum Gasteiger partial charge on any atom is 0.281 e. The molecule has 4 aromatic rings. The van der Waals surface area contributed by atoms with Gasteiger partial charge in [-0.3, -0.25) is 9.59 Å². The summed E-state index contributed by atoms with van der Waals surface area (Å²) in [5.74, 6) is 0.539. The normalized spacial score (nSPS) is 16.2. The van der Waals surface area contributed by atoms with E-state index in [9.17, 15) is 9.59 Å². The first-order valence-electron chi connectivity index (χ1n) is 11.1. The van der Waals surface area contributed by atoms with Gasteiger partial charge in [-0.2, -0.15) is 0 Å². The first-order valence-corrected chi connectivity index (χ1v) is 11.8. The van der Waals surface area contributed by atoms with Gasteiger partial charge in [-0.25, -0.2) is 9.67 Å². The quantitative estimate of drug-likeness (QED) is 0.452. The standard InChI is InChI=1S/C24H22Cl2N6O2/c25-18-9-8-16(19(26)12-18)14-32-23-21(29-30-32)24(34)28-22(27-23)17-7-4-10-31(13-17)20(33)11-15-5-2-1-3-6-15/h1-3,5-6,8-9,12,17H,4,7,10-11,13-14H2,(H,27,28,34)/t17-/m0/s1. The van der Waals surface area contributed by atoms with E-state index in [1.807, 2.05) is 41.3 Å². The summed E-state index contributed by atoms with van der Waals surface area (Å²) in [7, 11) is 0. The summed E-state index contributed by atoms with van der Waals surface area (Å²) >= 11 is 12.3. The van der Waals surface area contributed by atoms with Crippen LogP contribution in [0.15, 0.2) is 53.3 Å². The van der Waals surface area contributed by atoms with Crippen LogP contribution in [-0.2, 0) is 17.8 Å².